The Balaban J connectivity index is 0. The maximum Gasteiger partial charge on any atom is 1.00 e. The van der Waals surface area contributed by atoms with Gasteiger partial charge >= 0.3 is 35.5 Å². The number of carboxylic acids is 1. The molecule has 0 aliphatic heterocycles. The molecule has 0 saturated carbocycles. The van der Waals surface area contributed by atoms with Gasteiger partial charge in [0.05, 0.1) is 5.69 Å². The topological polar surface area (TPSA) is 174 Å². The van der Waals surface area contributed by atoms with E-state index in [0.29, 0.717) is 5.69 Å². The van der Waals surface area contributed by atoms with Gasteiger partial charge in [-0.15, -0.1) is 5.11 Å². The average Bonchev–Trinajstić information content (AvgIpc) is 2.44. The van der Waals surface area contributed by atoms with E-state index < -0.39 is 22.3 Å². The standard InChI is InChI=1S/C8H11N3O3S.C3H8N2O2.Na/c1-11(2)8-5-3-7(4-6-8)9-10-15(12,13)14;4-1-2(5)3(6)7;/h3-6H,1-2H3,(H,12,13,14);2H,1,4-5H2,(H,6,7);/q;;+1/p-1. The average molecular weight is 355 g/mol. The zero-order valence-electron chi connectivity index (χ0n) is 13.1. The molecule has 124 valence electrons. The third-order valence-electron chi connectivity index (χ3n) is 2.19. The summed E-state index contributed by atoms with van der Waals surface area (Å²) in [6.07, 6.45) is 0. The van der Waals surface area contributed by atoms with Crippen molar-refractivity contribution < 1.29 is 52.4 Å². The molecule has 1 aromatic rings. The molecule has 0 amide bonds. The summed E-state index contributed by atoms with van der Waals surface area (Å²) in [4.78, 5) is 11.6. The van der Waals surface area contributed by atoms with Crippen LogP contribution in [0.1, 0.15) is 0 Å². The van der Waals surface area contributed by atoms with Gasteiger partial charge in [-0.3, -0.25) is 4.79 Å². The number of nitrogens with two attached hydrogens (primary N) is 2. The molecular formula is C11H18N5NaO5S. The SMILES string of the molecule is CN(C)c1ccc(N=NS(=O)(=O)[O-])cc1.NCC(N)C(=O)O.[Na+]. The van der Waals surface area contributed by atoms with E-state index in [2.05, 4.69) is 9.63 Å². The Hall–Kier alpha value is -1.08. The fraction of sp³-hybridized carbons (Fsp3) is 0.364. The maximum atomic E-state index is 10.2. The van der Waals surface area contributed by atoms with Crippen LogP contribution in [0.4, 0.5) is 11.4 Å². The minimum Gasteiger partial charge on any atom is -0.728 e. The summed E-state index contributed by atoms with van der Waals surface area (Å²) in [7, 11) is -0.904. The Kier molecular flexibility index (Phi) is 12.0. The van der Waals surface area contributed by atoms with Crippen molar-refractivity contribution in [1.82, 2.24) is 0 Å². The van der Waals surface area contributed by atoms with E-state index in [-0.39, 0.29) is 36.1 Å². The zero-order valence-corrected chi connectivity index (χ0v) is 15.9. The van der Waals surface area contributed by atoms with Gasteiger partial charge < -0.3 is 26.0 Å². The van der Waals surface area contributed by atoms with Gasteiger partial charge in [-0.1, -0.05) is 4.52 Å². The van der Waals surface area contributed by atoms with Gasteiger partial charge in [0, 0.05) is 26.3 Å². The first kappa shape index (κ1) is 24.2. The summed E-state index contributed by atoms with van der Waals surface area (Å²) < 4.78 is 33.1. The summed E-state index contributed by atoms with van der Waals surface area (Å²) >= 11 is 0. The molecule has 0 aliphatic carbocycles. The van der Waals surface area contributed by atoms with Crippen molar-refractivity contribution in [3.63, 3.8) is 0 Å². The first-order chi connectivity index (χ1) is 10.1. The van der Waals surface area contributed by atoms with Crippen LogP contribution < -0.4 is 45.9 Å². The molecule has 1 rings (SSSR count). The molecule has 0 aromatic heterocycles. The van der Waals surface area contributed by atoms with E-state index in [1.54, 1.807) is 24.3 Å². The molecule has 23 heavy (non-hydrogen) atoms. The predicted molar refractivity (Wildman–Crippen MR) is 79.6 cm³/mol. The Morgan fingerprint density at radius 2 is 1.83 bits per heavy atom. The molecule has 0 aliphatic rings. The van der Waals surface area contributed by atoms with Crippen LogP contribution in [-0.2, 0) is 15.1 Å². The summed E-state index contributed by atoms with van der Waals surface area (Å²) in [6.45, 7) is -0.00463. The van der Waals surface area contributed by atoms with Crippen molar-refractivity contribution >= 4 is 27.6 Å². The van der Waals surface area contributed by atoms with Crippen molar-refractivity contribution in [2.24, 2.45) is 21.1 Å². The molecular weight excluding hydrogens is 337 g/mol. The summed E-state index contributed by atoms with van der Waals surface area (Å²) in [5.41, 5.74) is 11.0. The van der Waals surface area contributed by atoms with E-state index in [0.717, 1.165) is 5.69 Å². The molecule has 12 heteroatoms. The van der Waals surface area contributed by atoms with Crippen molar-refractivity contribution in [1.29, 1.82) is 0 Å². The van der Waals surface area contributed by atoms with Crippen LogP contribution in [0.25, 0.3) is 0 Å². The fourth-order valence-corrected chi connectivity index (χ4v) is 1.21. The summed E-state index contributed by atoms with van der Waals surface area (Å²) in [5.74, 6) is -1.05. The van der Waals surface area contributed by atoms with Gasteiger partial charge in [0.15, 0.2) is 0 Å². The molecule has 5 N–H and O–H groups in total. The van der Waals surface area contributed by atoms with E-state index in [1.165, 1.54) is 0 Å². The van der Waals surface area contributed by atoms with E-state index in [4.69, 9.17) is 16.6 Å². The Labute approximate surface area is 156 Å². The maximum absolute atomic E-state index is 10.2. The molecule has 0 heterocycles. The smallest absolute Gasteiger partial charge is 0.728 e. The minimum atomic E-state index is -4.65. The number of aliphatic carboxylic acids is 1. The van der Waals surface area contributed by atoms with Gasteiger partial charge in [0.25, 0.3) is 0 Å². The largest absolute Gasteiger partial charge is 1.00 e. The number of hydrogen-bond donors (Lipinski definition) is 3. The second-order valence-corrected chi connectivity index (χ2v) is 5.22. The van der Waals surface area contributed by atoms with Crippen LogP contribution in [0, 0.1) is 0 Å². The van der Waals surface area contributed by atoms with Crippen LogP contribution in [0.3, 0.4) is 0 Å². The molecule has 1 atom stereocenters. The quantitative estimate of drug-likeness (QED) is 0.279. The van der Waals surface area contributed by atoms with Crippen molar-refractivity contribution in [2.45, 2.75) is 6.04 Å². The molecule has 0 radical (unpaired) electrons. The van der Waals surface area contributed by atoms with Gasteiger partial charge in [0.1, 0.15) is 6.04 Å². The summed E-state index contributed by atoms with van der Waals surface area (Å²) in [6, 6.07) is 5.73. The number of anilines is 1. The second kappa shape index (κ2) is 11.5. The van der Waals surface area contributed by atoms with Crippen LogP contribution in [0.15, 0.2) is 33.9 Å². The number of benzene rings is 1. The van der Waals surface area contributed by atoms with Crippen LogP contribution >= 0.6 is 0 Å². The Morgan fingerprint density at radius 1 is 1.35 bits per heavy atom. The zero-order chi connectivity index (χ0) is 17.3. The molecule has 1 aromatic carbocycles. The van der Waals surface area contributed by atoms with E-state index >= 15 is 0 Å². The van der Waals surface area contributed by atoms with Crippen molar-refractivity contribution in [3.05, 3.63) is 24.3 Å². The second-order valence-electron chi connectivity index (χ2n) is 4.20. The van der Waals surface area contributed by atoms with Crippen LogP contribution in [0.5, 0.6) is 0 Å². The molecule has 10 nitrogen and oxygen atoms in total. The van der Waals surface area contributed by atoms with Gasteiger partial charge in [-0.05, 0) is 24.3 Å². The fourth-order valence-electron chi connectivity index (χ4n) is 1.02. The molecule has 1 unspecified atom stereocenters. The van der Waals surface area contributed by atoms with Crippen molar-refractivity contribution in [2.75, 3.05) is 25.5 Å². The number of nitrogens with zero attached hydrogens (tertiary/aromatic N) is 3. The molecule has 0 bridgehead atoms. The summed E-state index contributed by atoms with van der Waals surface area (Å²) in [5, 5.41) is 11.3. The van der Waals surface area contributed by atoms with Crippen molar-refractivity contribution in [3.8, 4) is 0 Å². The molecule has 0 spiro atoms. The van der Waals surface area contributed by atoms with E-state index in [1.807, 2.05) is 19.0 Å². The van der Waals surface area contributed by atoms with Gasteiger partial charge in [-0.2, -0.15) is 0 Å². The molecule has 0 saturated heterocycles. The predicted octanol–water partition coefficient (Wildman–Crippen LogP) is -3.34. The molecule has 0 fully saturated rings. The normalized spacial score (nSPS) is 11.9. The van der Waals surface area contributed by atoms with E-state index in [9.17, 15) is 17.8 Å². The number of carboxylic acid groups (broad SMARTS) is 1. The van der Waals surface area contributed by atoms with Gasteiger partial charge in [-0.25, -0.2) is 8.42 Å². The number of carbonyl (C=O) groups is 1. The van der Waals surface area contributed by atoms with Crippen LogP contribution in [0.2, 0.25) is 0 Å². The third kappa shape index (κ3) is 12.1. The third-order valence-corrected chi connectivity index (χ3v) is 2.48. The minimum absolute atomic E-state index is 0. The number of hydrogen-bond acceptors (Lipinski definition) is 8. The first-order valence-electron chi connectivity index (χ1n) is 5.91. The monoisotopic (exact) mass is 355 g/mol. The Morgan fingerprint density at radius 3 is 2.09 bits per heavy atom. The van der Waals surface area contributed by atoms with Crippen LogP contribution in [-0.4, -0.2) is 50.7 Å². The first-order valence-corrected chi connectivity index (χ1v) is 7.28. The Bertz CT molecular complexity index is 606. The number of rotatable bonds is 5. The van der Waals surface area contributed by atoms with Gasteiger partial charge in [0.2, 0.25) is 10.3 Å².